The van der Waals surface area contributed by atoms with Gasteiger partial charge in [0, 0.05) is 6.20 Å². The largest absolute Gasteiger partial charge is 0.280 e. The van der Waals surface area contributed by atoms with E-state index >= 15 is 0 Å². The maximum atomic E-state index is 12.6. The molecule has 3 aromatic heterocycles. The van der Waals surface area contributed by atoms with Gasteiger partial charge in [-0.1, -0.05) is 6.07 Å². The number of rotatable bonds is 2. The first kappa shape index (κ1) is 11.7. The molecule has 0 aliphatic carbocycles. The molecule has 3 aromatic rings. The van der Waals surface area contributed by atoms with E-state index in [0.29, 0.717) is 11.5 Å². The quantitative estimate of drug-likeness (QED) is 0.711. The Balaban J connectivity index is 2.15. The first-order valence-corrected chi connectivity index (χ1v) is 5.72. The van der Waals surface area contributed by atoms with Crippen LogP contribution in [-0.4, -0.2) is 19.6 Å². The van der Waals surface area contributed by atoms with Gasteiger partial charge in [0.15, 0.2) is 5.82 Å². The molecule has 0 spiro atoms. The molecule has 96 valence electrons. The summed E-state index contributed by atoms with van der Waals surface area (Å²) < 4.78 is 26.9. The topological polar surface area (TPSA) is 43.1 Å². The van der Waals surface area contributed by atoms with Crippen molar-refractivity contribution in [3.05, 3.63) is 47.9 Å². The van der Waals surface area contributed by atoms with Gasteiger partial charge >= 0.3 is 0 Å². The summed E-state index contributed by atoms with van der Waals surface area (Å²) in [5.74, 6) is 0.337. The average Bonchev–Trinajstić information content (AvgIpc) is 2.87. The zero-order valence-electron chi connectivity index (χ0n) is 10.1. The number of halogens is 2. The summed E-state index contributed by atoms with van der Waals surface area (Å²) in [5.41, 5.74) is 1.73. The summed E-state index contributed by atoms with van der Waals surface area (Å²) in [5, 5.41) is 4.26. The minimum atomic E-state index is -2.60. The van der Waals surface area contributed by atoms with E-state index in [1.165, 1.54) is 12.1 Å². The average molecular weight is 260 g/mol. The molecule has 6 heteroatoms. The van der Waals surface area contributed by atoms with Gasteiger partial charge < -0.3 is 0 Å². The zero-order valence-corrected chi connectivity index (χ0v) is 10.1. The van der Waals surface area contributed by atoms with Crippen molar-refractivity contribution >= 4 is 5.52 Å². The van der Waals surface area contributed by atoms with E-state index in [0.717, 1.165) is 11.2 Å². The molecule has 0 atom stereocenters. The Hall–Kier alpha value is -2.37. The maximum Gasteiger partial charge on any atom is 0.280 e. The van der Waals surface area contributed by atoms with Crippen LogP contribution in [0.15, 0.2) is 36.5 Å². The van der Waals surface area contributed by atoms with E-state index in [4.69, 9.17) is 0 Å². The summed E-state index contributed by atoms with van der Waals surface area (Å²) in [6.45, 7) is 1.84. The minimum Gasteiger partial charge on any atom is -0.243 e. The van der Waals surface area contributed by atoms with Crippen LogP contribution >= 0.6 is 0 Å². The van der Waals surface area contributed by atoms with Crippen LogP contribution in [0.2, 0.25) is 0 Å². The van der Waals surface area contributed by atoms with Crippen molar-refractivity contribution in [2.75, 3.05) is 0 Å². The Morgan fingerprint density at radius 3 is 2.74 bits per heavy atom. The van der Waals surface area contributed by atoms with Crippen molar-refractivity contribution in [3.8, 4) is 11.5 Å². The van der Waals surface area contributed by atoms with Crippen molar-refractivity contribution in [2.24, 2.45) is 0 Å². The lowest BCUT2D eigenvalue weighted by atomic mass is 10.3. The van der Waals surface area contributed by atoms with Gasteiger partial charge in [0.05, 0.1) is 11.2 Å². The predicted octanol–water partition coefficient (Wildman–Crippen LogP) is 3.04. The van der Waals surface area contributed by atoms with Crippen LogP contribution in [0.5, 0.6) is 0 Å². The van der Waals surface area contributed by atoms with Crippen LogP contribution in [0.1, 0.15) is 17.8 Å². The minimum absolute atomic E-state index is 0.272. The lowest BCUT2D eigenvalue weighted by Gasteiger charge is -2.05. The molecule has 3 rings (SSSR count). The standard InChI is InChI=1S/C13H10F2N4/c1-8-11-6-3-7-19(11)18-13(16-8)10-5-2-4-9(17-10)12(14)15/h2-7,12H,1H3. The SMILES string of the molecule is Cc1nc(-c2cccc(C(F)F)n2)nn2cccc12. The van der Waals surface area contributed by atoms with Crippen LogP contribution < -0.4 is 0 Å². The predicted molar refractivity (Wildman–Crippen MR) is 65.9 cm³/mol. The lowest BCUT2D eigenvalue weighted by Crippen LogP contribution is -2.02. The van der Waals surface area contributed by atoms with E-state index in [1.807, 2.05) is 19.1 Å². The van der Waals surface area contributed by atoms with Crippen molar-refractivity contribution in [1.82, 2.24) is 19.6 Å². The molecule has 0 N–H and O–H groups in total. The Kier molecular flexibility index (Phi) is 2.70. The summed E-state index contributed by atoms with van der Waals surface area (Å²) in [6, 6.07) is 8.18. The number of aromatic nitrogens is 4. The highest BCUT2D eigenvalue weighted by atomic mass is 19.3. The molecule has 0 saturated carbocycles. The number of aryl methyl sites for hydroxylation is 1. The number of pyridine rings is 1. The first-order chi connectivity index (χ1) is 9.15. The Morgan fingerprint density at radius 1 is 1.11 bits per heavy atom. The number of fused-ring (bicyclic) bond motifs is 1. The van der Waals surface area contributed by atoms with Gasteiger partial charge in [-0.3, -0.25) is 0 Å². The third-order valence-electron chi connectivity index (χ3n) is 2.80. The Morgan fingerprint density at radius 2 is 1.95 bits per heavy atom. The summed E-state index contributed by atoms with van der Waals surface area (Å²) in [6.07, 6.45) is -0.818. The molecular formula is C13H10F2N4. The fraction of sp³-hybridized carbons (Fsp3) is 0.154. The molecular weight excluding hydrogens is 250 g/mol. The highest BCUT2D eigenvalue weighted by Crippen LogP contribution is 2.20. The molecule has 0 unspecified atom stereocenters. The fourth-order valence-corrected chi connectivity index (χ4v) is 1.89. The fourth-order valence-electron chi connectivity index (χ4n) is 1.89. The van der Waals surface area contributed by atoms with Gasteiger partial charge in [-0.2, -0.15) is 0 Å². The van der Waals surface area contributed by atoms with Gasteiger partial charge in [-0.05, 0) is 31.2 Å². The molecule has 0 aromatic carbocycles. The monoisotopic (exact) mass is 260 g/mol. The third kappa shape index (κ3) is 2.05. The Bertz CT molecular complexity index is 736. The van der Waals surface area contributed by atoms with E-state index in [9.17, 15) is 8.78 Å². The molecule has 3 heterocycles. The van der Waals surface area contributed by atoms with Crippen LogP contribution in [0, 0.1) is 6.92 Å². The van der Waals surface area contributed by atoms with Crippen molar-refractivity contribution in [3.63, 3.8) is 0 Å². The summed E-state index contributed by atoms with van der Waals surface area (Å²) in [4.78, 5) is 8.19. The molecule has 19 heavy (non-hydrogen) atoms. The summed E-state index contributed by atoms with van der Waals surface area (Å²) >= 11 is 0. The van der Waals surface area contributed by atoms with Gasteiger partial charge in [0.25, 0.3) is 6.43 Å². The lowest BCUT2D eigenvalue weighted by molar-refractivity contribution is 0.146. The number of alkyl halides is 2. The zero-order chi connectivity index (χ0) is 13.4. The second-order valence-corrected chi connectivity index (χ2v) is 4.11. The number of hydrogen-bond acceptors (Lipinski definition) is 3. The molecule has 0 bridgehead atoms. The second-order valence-electron chi connectivity index (χ2n) is 4.11. The van der Waals surface area contributed by atoms with Gasteiger partial charge in [-0.25, -0.2) is 23.3 Å². The van der Waals surface area contributed by atoms with Gasteiger partial charge in [0.1, 0.15) is 11.4 Å². The van der Waals surface area contributed by atoms with Crippen LogP contribution in [-0.2, 0) is 0 Å². The Labute approximate surface area is 107 Å². The molecule has 0 amide bonds. The summed E-state index contributed by atoms with van der Waals surface area (Å²) in [7, 11) is 0. The van der Waals surface area contributed by atoms with E-state index in [-0.39, 0.29) is 5.69 Å². The van der Waals surface area contributed by atoms with Crippen molar-refractivity contribution in [1.29, 1.82) is 0 Å². The molecule has 0 radical (unpaired) electrons. The van der Waals surface area contributed by atoms with Crippen molar-refractivity contribution < 1.29 is 8.78 Å². The van der Waals surface area contributed by atoms with Crippen LogP contribution in [0.4, 0.5) is 8.78 Å². The van der Waals surface area contributed by atoms with Crippen molar-refractivity contribution in [2.45, 2.75) is 13.3 Å². The van der Waals surface area contributed by atoms with E-state index in [1.54, 1.807) is 16.8 Å². The highest BCUT2D eigenvalue weighted by Gasteiger charge is 2.12. The third-order valence-corrected chi connectivity index (χ3v) is 2.80. The van der Waals surface area contributed by atoms with Crippen LogP contribution in [0.25, 0.3) is 17.0 Å². The van der Waals surface area contributed by atoms with E-state index < -0.39 is 6.43 Å². The van der Waals surface area contributed by atoms with Crippen LogP contribution in [0.3, 0.4) is 0 Å². The van der Waals surface area contributed by atoms with Gasteiger partial charge in [-0.15, -0.1) is 5.10 Å². The van der Waals surface area contributed by atoms with Gasteiger partial charge in [0.2, 0.25) is 0 Å². The molecule has 0 aliphatic heterocycles. The molecule has 0 fully saturated rings. The van der Waals surface area contributed by atoms with E-state index in [2.05, 4.69) is 15.1 Å². The first-order valence-electron chi connectivity index (χ1n) is 5.72. The second kappa shape index (κ2) is 4.38. The molecule has 0 saturated heterocycles. The normalized spacial score (nSPS) is 11.4. The molecule has 0 aliphatic rings. The highest BCUT2D eigenvalue weighted by molar-refractivity contribution is 5.56. The smallest absolute Gasteiger partial charge is 0.243 e. The maximum absolute atomic E-state index is 12.6. The number of nitrogens with zero attached hydrogens (tertiary/aromatic N) is 4. The number of hydrogen-bond donors (Lipinski definition) is 0. The molecule has 4 nitrogen and oxygen atoms in total.